The van der Waals surface area contributed by atoms with Gasteiger partial charge in [-0.15, -0.1) is 0 Å². The highest BCUT2D eigenvalue weighted by molar-refractivity contribution is 7.90. The van der Waals surface area contributed by atoms with Gasteiger partial charge >= 0.3 is 6.01 Å². The molecule has 0 aliphatic heterocycles. The average Bonchev–Trinajstić information content (AvgIpc) is 3.16. The summed E-state index contributed by atoms with van der Waals surface area (Å²) in [6.07, 6.45) is 4.67. The number of aromatic nitrogens is 4. The molecular formula is C24H25FN4O4S. The molecule has 0 saturated heterocycles. The van der Waals surface area contributed by atoms with Crippen LogP contribution in [0.15, 0.2) is 53.6 Å². The number of aryl methyl sites for hydroxylation is 2. The Morgan fingerprint density at radius 2 is 1.85 bits per heavy atom. The molecule has 3 aromatic heterocycles. The van der Waals surface area contributed by atoms with Crippen molar-refractivity contribution in [2.24, 2.45) is 14.1 Å². The van der Waals surface area contributed by atoms with E-state index in [1.165, 1.54) is 16.7 Å². The highest BCUT2D eigenvalue weighted by Gasteiger charge is 2.19. The predicted octanol–water partition coefficient (Wildman–Crippen LogP) is 3.98. The molecular weight excluding hydrogens is 459 g/mol. The van der Waals surface area contributed by atoms with Crippen LogP contribution >= 0.6 is 0 Å². The van der Waals surface area contributed by atoms with E-state index in [1.807, 2.05) is 13.0 Å². The maximum Gasteiger partial charge on any atom is 0.322 e. The summed E-state index contributed by atoms with van der Waals surface area (Å²) in [7, 11) is -0.0508. The first-order valence-electron chi connectivity index (χ1n) is 10.8. The van der Waals surface area contributed by atoms with E-state index in [-0.39, 0.29) is 34.5 Å². The molecule has 0 spiro atoms. The lowest BCUT2D eigenvalue weighted by Crippen LogP contribution is -2.14. The number of rotatable bonds is 8. The van der Waals surface area contributed by atoms with Gasteiger partial charge in [-0.3, -0.25) is 4.79 Å². The van der Waals surface area contributed by atoms with Gasteiger partial charge in [-0.25, -0.2) is 12.8 Å². The third kappa shape index (κ3) is 5.01. The van der Waals surface area contributed by atoms with Gasteiger partial charge < -0.3 is 13.9 Å². The molecule has 8 nitrogen and oxygen atoms in total. The van der Waals surface area contributed by atoms with E-state index in [0.717, 1.165) is 11.8 Å². The largest absolute Gasteiger partial charge is 0.419 e. The third-order valence-electron chi connectivity index (χ3n) is 5.46. The van der Waals surface area contributed by atoms with Crippen LogP contribution in [0.5, 0.6) is 11.8 Å². The van der Waals surface area contributed by atoms with Gasteiger partial charge in [0.05, 0.1) is 28.4 Å². The molecule has 0 saturated carbocycles. The van der Waals surface area contributed by atoms with Crippen LogP contribution in [0.1, 0.15) is 25.5 Å². The Balaban J connectivity index is 1.82. The van der Waals surface area contributed by atoms with Crippen molar-refractivity contribution < 1.29 is 17.5 Å². The van der Waals surface area contributed by atoms with Crippen molar-refractivity contribution in [3.05, 3.63) is 70.7 Å². The van der Waals surface area contributed by atoms with Crippen molar-refractivity contribution in [1.82, 2.24) is 19.1 Å². The standard InChI is InChI=1S/C24H25FN4O4S/c1-4-5-12-34(31,32)15-18-13-20(17-7-9-21(30)29(3)14-17)27-24(26-18)33-23-19(25)8-6-16-10-11-28(2)22(16)23/h6-11,13-14H,4-5,12,15H2,1-3H3. The zero-order valence-corrected chi connectivity index (χ0v) is 20.0. The molecule has 4 aromatic rings. The first-order valence-corrected chi connectivity index (χ1v) is 12.7. The van der Waals surface area contributed by atoms with Crippen LogP contribution in [-0.2, 0) is 29.7 Å². The van der Waals surface area contributed by atoms with Gasteiger partial charge in [0.25, 0.3) is 0 Å². The van der Waals surface area contributed by atoms with Gasteiger partial charge in [0, 0.05) is 43.5 Å². The van der Waals surface area contributed by atoms with Crippen LogP contribution in [0.25, 0.3) is 22.2 Å². The SMILES string of the molecule is CCCCS(=O)(=O)Cc1cc(-c2ccc(=O)n(C)c2)nc(Oc2c(F)ccc3ccn(C)c23)n1. The Labute approximate surface area is 196 Å². The zero-order valence-electron chi connectivity index (χ0n) is 19.2. The lowest BCUT2D eigenvalue weighted by atomic mass is 10.2. The number of benzene rings is 1. The van der Waals surface area contributed by atoms with Gasteiger partial charge in [0.1, 0.15) is 0 Å². The monoisotopic (exact) mass is 484 g/mol. The van der Waals surface area contributed by atoms with Gasteiger partial charge in [-0.2, -0.15) is 9.97 Å². The highest BCUT2D eigenvalue weighted by atomic mass is 32.2. The molecule has 0 amide bonds. The van der Waals surface area contributed by atoms with Crippen molar-refractivity contribution in [3.8, 4) is 23.0 Å². The molecule has 0 aliphatic carbocycles. The van der Waals surface area contributed by atoms with Crippen LogP contribution in [-0.4, -0.2) is 33.3 Å². The molecule has 1 aromatic carbocycles. The number of pyridine rings is 1. The topological polar surface area (TPSA) is 96.1 Å². The molecule has 0 fully saturated rings. The summed E-state index contributed by atoms with van der Waals surface area (Å²) in [6, 6.07) is 9.11. The molecule has 0 aliphatic rings. The lowest BCUT2D eigenvalue weighted by Gasteiger charge is -2.12. The first-order chi connectivity index (χ1) is 16.2. The van der Waals surface area contributed by atoms with Gasteiger partial charge in [0.15, 0.2) is 21.4 Å². The van der Waals surface area contributed by atoms with Crippen molar-refractivity contribution >= 4 is 20.7 Å². The Morgan fingerprint density at radius 1 is 1.06 bits per heavy atom. The Hall–Kier alpha value is -3.53. The van der Waals surface area contributed by atoms with Gasteiger partial charge in [-0.05, 0) is 36.8 Å². The number of sulfone groups is 1. The van der Waals surface area contributed by atoms with E-state index in [4.69, 9.17) is 4.74 Å². The van der Waals surface area contributed by atoms with E-state index in [2.05, 4.69) is 9.97 Å². The molecule has 10 heteroatoms. The summed E-state index contributed by atoms with van der Waals surface area (Å²) in [4.78, 5) is 20.5. The van der Waals surface area contributed by atoms with E-state index < -0.39 is 15.7 Å². The van der Waals surface area contributed by atoms with Crippen molar-refractivity contribution in [2.45, 2.75) is 25.5 Å². The molecule has 0 atom stereocenters. The Morgan fingerprint density at radius 3 is 2.59 bits per heavy atom. The zero-order chi connectivity index (χ0) is 24.5. The minimum Gasteiger partial charge on any atom is -0.419 e. The number of nitrogens with zero attached hydrogens (tertiary/aromatic N) is 4. The van der Waals surface area contributed by atoms with Crippen molar-refractivity contribution in [2.75, 3.05) is 5.75 Å². The molecule has 178 valence electrons. The number of halogens is 1. The minimum absolute atomic E-state index is 0.0378. The van der Waals surface area contributed by atoms with E-state index in [9.17, 15) is 17.6 Å². The summed E-state index contributed by atoms with van der Waals surface area (Å²) < 4.78 is 48.9. The Kier molecular flexibility index (Phi) is 6.52. The van der Waals surface area contributed by atoms with Crippen molar-refractivity contribution in [1.29, 1.82) is 0 Å². The summed E-state index contributed by atoms with van der Waals surface area (Å²) in [5.74, 6) is -0.914. The number of unbranched alkanes of at least 4 members (excludes halogenated alkanes) is 1. The van der Waals surface area contributed by atoms with Crippen LogP contribution in [0.3, 0.4) is 0 Å². The smallest absolute Gasteiger partial charge is 0.322 e. The fourth-order valence-corrected chi connectivity index (χ4v) is 5.13. The average molecular weight is 485 g/mol. The molecule has 3 heterocycles. The quantitative estimate of drug-likeness (QED) is 0.375. The minimum atomic E-state index is -3.42. The van der Waals surface area contributed by atoms with Crippen molar-refractivity contribution in [3.63, 3.8) is 0 Å². The van der Waals surface area contributed by atoms with Crippen LogP contribution in [0.4, 0.5) is 4.39 Å². The number of hydrogen-bond donors (Lipinski definition) is 0. The molecule has 0 radical (unpaired) electrons. The summed E-state index contributed by atoms with van der Waals surface area (Å²) in [6.45, 7) is 1.92. The summed E-state index contributed by atoms with van der Waals surface area (Å²) in [5.41, 5.74) is 1.48. The predicted molar refractivity (Wildman–Crippen MR) is 128 cm³/mol. The number of ether oxygens (including phenoxy) is 1. The van der Waals surface area contributed by atoms with Gasteiger partial charge in [-0.1, -0.05) is 13.3 Å². The summed E-state index contributed by atoms with van der Waals surface area (Å²) >= 11 is 0. The second-order valence-electron chi connectivity index (χ2n) is 8.18. The number of fused-ring (bicyclic) bond motifs is 1. The lowest BCUT2D eigenvalue weighted by molar-refractivity contribution is 0.413. The van der Waals surface area contributed by atoms with Crippen LogP contribution in [0, 0.1) is 5.82 Å². The van der Waals surface area contributed by atoms with E-state index in [1.54, 1.807) is 49.3 Å². The molecule has 0 bridgehead atoms. The maximum absolute atomic E-state index is 14.8. The fraction of sp³-hybridized carbons (Fsp3) is 0.292. The fourth-order valence-electron chi connectivity index (χ4n) is 3.66. The molecule has 34 heavy (non-hydrogen) atoms. The second-order valence-corrected chi connectivity index (χ2v) is 10.4. The molecule has 0 unspecified atom stereocenters. The van der Waals surface area contributed by atoms with Crippen LogP contribution < -0.4 is 10.3 Å². The molecule has 4 rings (SSSR count). The second kappa shape index (κ2) is 9.38. The normalized spacial score (nSPS) is 11.8. The number of hydrogen-bond acceptors (Lipinski definition) is 6. The highest BCUT2D eigenvalue weighted by Crippen LogP contribution is 2.33. The van der Waals surface area contributed by atoms with E-state index in [0.29, 0.717) is 23.2 Å². The molecule has 0 N–H and O–H groups in total. The van der Waals surface area contributed by atoms with Crippen LogP contribution in [0.2, 0.25) is 0 Å². The Bertz CT molecular complexity index is 1530. The summed E-state index contributed by atoms with van der Waals surface area (Å²) in [5, 5.41) is 0.774. The van der Waals surface area contributed by atoms with E-state index >= 15 is 0 Å². The maximum atomic E-state index is 14.8. The third-order valence-corrected chi connectivity index (χ3v) is 7.10. The first kappa shape index (κ1) is 23.6. The van der Waals surface area contributed by atoms with Gasteiger partial charge in [0.2, 0.25) is 5.56 Å².